The van der Waals surface area contributed by atoms with Gasteiger partial charge in [-0.2, -0.15) is 0 Å². The molecule has 36 heavy (non-hydrogen) atoms. The van der Waals surface area contributed by atoms with Crippen LogP contribution in [0.15, 0.2) is 41.3 Å². The van der Waals surface area contributed by atoms with Gasteiger partial charge in [-0.15, -0.1) is 0 Å². The van der Waals surface area contributed by atoms with Crippen LogP contribution in [0.1, 0.15) is 48.1 Å². The summed E-state index contributed by atoms with van der Waals surface area (Å²) in [7, 11) is 0. The number of Topliss-reactive ketones (excluding diaryl/α,β-unsaturated/α-hetero) is 2. The number of ketones is 3. The topological polar surface area (TPSA) is 162 Å². The summed E-state index contributed by atoms with van der Waals surface area (Å²) in [6, 6.07) is 5.18. The van der Waals surface area contributed by atoms with E-state index in [1.54, 1.807) is 25.1 Å². The number of hydrogen-bond acceptors (Lipinski definition) is 9. The van der Waals surface area contributed by atoms with Crippen molar-refractivity contribution in [3.05, 3.63) is 63.8 Å². The van der Waals surface area contributed by atoms with Gasteiger partial charge in [0.1, 0.15) is 46.4 Å². The number of nitrogens with one attached hydrogen (secondary N) is 2. The number of allylic oxidation sites excluding steroid dienone is 4. The van der Waals surface area contributed by atoms with Gasteiger partial charge in [0.2, 0.25) is 0 Å². The summed E-state index contributed by atoms with van der Waals surface area (Å²) in [6.07, 6.45) is 1.17. The highest BCUT2D eigenvalue weighted by Crippen LogP contribution is 2.57. The van der Waals surface area contributed by atoms with E-state index in [-0.39, 0.29) is 51.8 Å². The van der Waals surface area contributed by atoms with E-state index in [1.807, 2.05) is 0 Å². The molecule has 0 fully saturated rings. The molecule has 10 heteroatoms. The Morgan fingerprint density at radius 3 is 2.58 bits per heavy atom. The molecule has 2 heterocycles. The summed E-state index contributed by atoms with van der Waals surface area (Å²) in [5, 5.41) is 33.7. The van der Waals surface area contributed by atoms with Gasteiger partial charge in [0, 0.05) is 23.0 Å². The average Bonchev–Trinajstić information content (AvgIpc) is 3.36. The molecule has 10 nitrogen and oxygen atoms in total. The minimum absolute atomic E-state index is 0.0257. The molecule has 0 spiro atoms. The highest BCUT2D eigenvalue weighted by atomic mass is 16.5. The first-order valence-electron chi connectivity index (χ1n) is 11.2. The number of nitrogens with zero attached hydrogens (tertiary/aromatic N) is 1. The number of phenolic OH excluding ortho intramolecular Hbond substituents is 2. The molecule has 0 radical (unpaired) electrons. The van der Waals surface area contributed by atoms with E-state index < -0.39 is 28.5 Å². The molecule has 3 aromatic rings. The number of rotatable bonds is 4. The Kier molecular flexibility index (Phi) is 5.04. The molecule has 0 saturated carbocycles. The second-order valence-electron chi connectivity index (χ2n) is 9.09. The monoisotopic (exact) mass is 489 g/mol. The number of carbonyl (C=O) groups is 3. The van der Waals surface area contributed by atoms with Crippen molar-refractivity contribution in [1.29, 1.82) is 0 Å². The Labute approximate surface area is 204 Å². The minimum atomic E-state index is -1.59. The molecule has 5 rings (SSSR count). The van der Waals surface area contributed by atoms with Crippen molar-refractivity contribution >= 4 is 34.1 Å². The largest absolute Gasteiger partial charge is 0.507 e. The molecular formula is C26H23N3O7. The molecule has 0 amide bonds. The van der Waals surface area contributed by atoms with E-state index >= 15 is 0 Å². The van der Waals surface area contributed by atoms with E-state index in [1.165, 1.54) is 26.8 Å². The van der Waals surface area contributed by atoms with Crippen LogP contribution >= 0.6 is 0 Å². The predicted octanol–water partition coefficient (Wildman–Crippen LogP) is 3.05. The van der Waals surface area contributed by atoms with Crippen LogP contribution in [-0.2, 0) is 21.6 Å². The number of ether oxygens (including phenoxy) is 1. The number of anilines is 1. The van der Waals surface area contributed by atoms with Crippen molar-refractivity contribution in [1.82, 2.24) is 9.97 Å². The van der Waals surface area contributed by atoms with Crippen LogP contribution in [0.25, 0.3) is 11.0 Å². The molecule has 0 saturated heterocycles. The SMILES string of the molecule is CC(=O)c1c(O)c(C)c(O)c2c1OC1=CC(=O)/C(=C(/C)Nc3ccc4nc(CO)[nH]c4c3)C(=O)[C@@]12C. The van der Waals surface area contributed by atoms with Crippen molar-refractivity contribution < 1.29 is 34.4 Å². The zero-order valence-electron chi connectivity index (χ0n) is 19.9. The third-order valence-electron chi connectivity index (χ3n) is 6.77. The van der Waals surface area contributed by atoms with Gasteiger partial charge < -0.3 is 30.4 Å². The lowest BCUT2D eigenvalue weighted by molar-refractivity contribution is -0.123. The van der Waals surface area contributed by atoms with E-state index in [9.17, 15) is 29.7 Å². The number of aromatic nitrogens is 2. The number of aromatic hydroxyl groups is 2. The van der Waals surface area contributed by atoms with Crippen molar-refractivity contribution in [2.75, 3.05) is 5.32 Å². The van der Waals surface area contributed by atoms with Crippen LogP contribution in [0, 0.1) is 6.92 Å². The Morgan fingerprint density at radius 2 is 1.92 bits per heavy atom. The Morgan fingerprint density at radius 1 is 1.19 bits per heavy atom. The first-order valence-corrected chi connectivity index (χ1v) is 11.2. The van der Waals surface area contributed by atoms with Crippen molar-refractivity contribution in [2.24, 2.45) is 0 Å². The molecule has 1 atom stereocenters. The number of hydrogen-bond donors (Lipinski definition) is 5. The number of phenols is 2. The molecule has 184 valence electrons. The van der Waals surface area contributed by atoms with Crippen LogP contribution in [-0.4, -0.2) is 42.6 Å². The molecule has 1 aliphatic carbocycles. The third-order valence-corrected chi connectivity index (χ3v) is 6.77. The first-order chi connectivity index (χ1) is 17.0. The van der Waals surface area contributed by atoms with Crippen LogP contribution in [0.3, 0.4) is 0 Å². The zero-order valence-corrected chi connectivity index (χ0v) is 19.9. The fourth-order valence-corrected chi connectivity index (χ4v) is 4.86. The molecule has 5 N–H and O–H groups in total. The summed E-state index contributed by atoms with van der Waals surface area (Å²) in [6.45, 7) is 5.53. The number of fused-ring (bicyclic) bond motifs is 4. The number of aliphatic hydroxyl groups is 1. The third kappa shape index (κ3) is 3.07. The lowest BCUT2D eigenvalue weighted by atomic mass is 9.70. The smallest absolute Gasteiger partial charge is 0.194 e. The maximum absolute atomic E-state index is 13.9. The highest BCUT2D eigenvalue weighted by Gasteiger charge is 2.56. The Hall–Kier alpha value is -4.44. The van der Waals surface area contributed by atoms with Crippen LogP contribution < -0.4 is 10.1 Å². The summed E-state index contributed by atoms with van der Waals surface area (Å²) in [5.74, 6) is -2.29. The summed E-state index contributed by atoms with van der Waals surface area (Å²) < 4.78 is 5.78. The van der Waals surface area contributed by atoms with Gasteiger partial charge in [0.05, 0.1) is 22.2 Å². The van der Waals surface area contributed by atoms with Crippen LogP contribution in [0.4, 0.5) is 5.69 Å². The molecule has 1 aliphatic heterocycles. The number of imidazole rings is 1. The number of carbonyl (C=O) groups excluding carboxylic acids is 3. The average molecular weight is 489 g/mol. The summed E-state index contributed by atoms with van der Waals surface area (Å²) >= 11 is 0. The number of benzene rings is 2. The van der Waals surface area contributed by atoms with Gasteiger partial charge in [-0.1, -0.05) is 0 Å². The van der Waals surface area contributed by atoms with E-state index in [0.717, 1.165) is 0 Å². The number of aliphatic hydroxyl groups excluding tert-OH is 1. The highest BCUT2D eigenvalue weighted by molar-refractivity contribution is 6.31. The summed E-state index contributed by atoms with van der Waals surface area (Å²) in [4.78, 5) is 46.5. The lowest BCUT2D eigenvalue weighted by Gasteiger charge is -2.29. The second kappa shape index (κ2) is 7.79. The van der Waals surface area contributed by atoms with Crippen molar-refractivity contribution in [3.8, 4) is 17.2 Å². The maximum atomic E-state index is 13.9. The normalized spacial score (nSPS) is 20.1. The van der Waals surface area contributed by atoms with E-state index in [0.29, 0.717) is 22.5 Å². The van der Waals surface area contributed by atoms with Crippen molar-refractivity contribution in [2.45, 2.75) is 39.7 Å². The predicted molar refractivity (Wildman–Crippen MR) is 129 cm³/mol. The molecular weight excluding hydrogens is 466 g/mol. The van der Waals surface area contributed by atoms with Crippen LogP contribution in [0.5, 0.6) is 17.2 Å². The fraction of sp³-hybridized carbons (Fsp3) is 0.231. The number of aromatic amines is 1. The van der Waals surface area contributed by atoms with Gasteiger partial charge in [-0.25, -0.2) is 4.98 Å². The molecule has 1 aromatic heterocycles. The zero-order chi connectivity index (χ0) is 26.1. The van der Waals surface area contributed by atoms with Gasteiger partial charge in [0.15, 0.2) is 17.3 Å². The molecule has 2 aromatic carbocycles. The quantitative estimate of drug-likeness (QED) is 0.211. The minimum Gasteiger partial charge on any atom is -0.507 e. The Bertz CT molecular complexity index is 1590. The van der Waals surface area contributed by atoms with Gasteiger partial charge in [-0.3, -0.25) is 14.4 Å². The summed E-state index contributed by atoms with van der Waals surface area (Å²) in [5.41, 5.74) is 0.350. The van der Waals surface area contributed by atoms with E-state index in [4.69, 9.17) is 4.74 Å². The fourth-order valence-electron chi connectivity index (χ4n) is 4.86. The standard InChI is InChI=1S/C26H23N3O7/c1-10-22(33)20(12(3)31)24-21(23(10)34)26(4)17(36-24)8-16(32)19(25(26)35)11(2)27-13-5-6-14-15(7-13)29-18(9-30)28-14/h5-8,27,30,33-34H,9H2,1-4H3,(H,28,29)/b19-11+/t26-/m0/s1. The maximum Gasteiger partial charge on any atom is 0.194 e. The molecule has 0 bridgehead atoms. The van der Waals surface area contributed by atoms with Gasteiger partial charge >= 0.3 is 0 Å². The number of H-pyrrole nitrogens is 1. The van der Waals surface area contributed by atoms with Gasteiger partial charge in [-0.05, 0) is 45.9 Å². The molecule has 2 aliphatic rings. The van der Waals surface area contributed by atoms with Crippen LogP contribution in [0.2, 0.25) is 0 Å². The van der Waals surface area contributed by atoms with Crippen molar-refractivity contribution in [3.63, 3.8) is 0 Å². The lowest BCUT2D eigenvalue weighted by Crippen LogP contribution is -2.40. The van der Waals surface area contributed by atoms with Gasteiger partial charge in [0.25, 0.3) is 0 Å². The van der Waals surface area contributed by atoms with E-state index in [2.05, 4.69) is 15.3 Å². The second-order valence-corrected chi connectivity index (χ2v) is 9.09. The molecule has 0 unspecified atom stereocenters. The Balaban J connectivity index is 1.63. The first kappa shape index (κ1) is 23.3.